The average molecular weight is 330 g/mol. The molecule has 0 aromatic rings. The summed E-state index contributed by atoms with van der Waals surface area (Å²) in [5.41, 5.74) is 7.57. The van der Waals surface area contributed by atoms with Crippen LogP contribution >= 0.6 is 15.8 Å². The zero-order valence-corrected chi connectivity index (χ0v) is 17.1. The van der Waals surface area contributed by atoms with Crippen LogP contribution in [0.1, 0.15) is 55.4 Å². The summed E-state index contributed by atoms with van der Waals surface area (Å²) in [6.07, 6.45) is 2.80. The Kier molecular flexibility index (Phi) is 2.97. The molecular formula is C20H28P2. The van der Waals surface area contributed by atoms with E-state index in [4.69, 9.17) is 0 Å². The Morgan fingerprint density at radius 2 is 0.909 bits per heavy atom. The maximum atomic E-state index is 2.50. The zero-order valence-electron chi connectivity index (χ0n) is 15.3. The maximum Gasteiger partial charge on any atom is 0.0148 e. The van der Waals surface area contributed by atoms with Crippen LogP contribution in [0.5, 0.6) is 0 Å². The first kappa shape index (κ1) is 15.4. The van der Waals surface area contributed by atoms with Crippen LogP contribution in [-0.4, -0.2) is 12.3 Å². The smallest absolute Gasteiger partial charge is 0.0148 e. The van der Waals surface area contributed by atoms with Crippen molar-refractivity contribution in [3.63, 3.8) is 0 Å². The lowest BCUT2D eigenvalue weighted by Gasteiger charge is -2.32. The second kappa shape index (κ2) is 4.26. The Hall–Kier alpha value is -0.180. The number of rotatable bonds is 1. The fourth-order valence-corrected chi connectivity index (χ4v) is 13.0. The van der Waals surface area contributed by atoms with E-state index in [1.165, 1.54) is 12.3 Å². The highest BCUT2D eigenvalue weighted by atomic mass is 31.1. The Morgan fingerprint density at radius 3 is 1.18 bits per heavy atom. The highest BCUT2D eigenvalue weighted by molar-refractivity contribution is 7.73. The van der Waals surface area contributed by atoms with Gasteiger partial charge in [-0.2, -0.15) is 0 Å². The summed E-state index contributed by atoms with van der Waals surface area (Å²) in [7, 11) is -0.0618. The van der Waals surface area contributed by atoms with Gasteiger partial charge >= 0.3 is 0 Å². The van der Waals surface area contributed by atoms with E-state index in [0.29, 0.717) is 10.8 Å². The molecule has 2 heteroatoms. The molecule has 4 heterocycles. The third-order valence-electron chi connectivity index (χ3n) is 7.63. The van der Waals surface area contributed by atoms with Crippen LogP contribution < -0.4 is 0 Å². The predicted molar refractivity (Wildman–Crippen MR) is 102 cm³/mol. The van der Waals surface area contributed by atoms with Gasteiger partial charge in [-0.1, -0.05) is 36.1 Å². The van der Waals surface area contributed by atoms with Crippen LogP contribution in [0, 0.1) is 10.8 Å². The Bertz CT molecular complexity index is 682. The minimum atomic E-state index is -0.0309. The van der Waals surface area contributed by atoms with Gasteiger partial charge in [0.1, 0.15) is 0 Å². The molecule has 4 aliphatic rings. The van der Waals surface area contributed by atoms with E-state index >= 15 is 0 Å². The molecule has 4 rings (SSSR count). The monoisotopic (exact) mass is 330 g/mol. The fourth-order valence-electron chi connectivity index (χ4n) is 5.14. The number of hydrogen-bond acceptors (Lipinski definition) is 0. The summed E-state index contributed by atoms with van der Waals surface area (Å²) >= 11 is 0. The van der Waals surface area contributed by atoms with Crippen LogP contribution in [0.2, 0.25) is 0 Å². The maximum absolute atomic E-state index is 2.50. The summed E-state index contributed by atoms with van der Waals surface area (Å²) in [4.78, 5) is 0. The minimum absolute atomic E-state index is 0.0309. The molecule has 4 aliphatic heterocycles. The lowest BCUT2D eigenvalue weighted by atomic mass is 9.76. The Labute approximate surface area is 138 Å². The van der Waals surface area contributed by atoms with Crippen molar-refractivity contribution in [3.8, 4) is 0 Å². The van der Waals surface area contributed by atoms with Crippen molar-refractivity contribution in [1.29, 1.82) is 0 Å². The first-order valence-corrected chi connectivity index (χ1v) is 11.5. The number of fused-ring (bicyclic) bond motifs is 4. The minimum Gasteiger partial charge on any atom is -0.0592 e. The molecule has 0 nitrogen and oxygen atoms in total. The van der Waals surface area contributed by atoms with Crippen LogP contribution in [0.15, 0.2) is 43.5 Å². The summed E-state index contributed by atoms with van der Waals surface area (Å²) in [5, 5.41) is 7.14. The van der Waals surface area contributed by atoms with E-state index < -0.39 is 0 Å². The molecule has 0 saturated heterocycles. The molecule has 0 saturated carbocycles. The van der Waals surface area contributed by atoms with Gasteiger partial charge in [-0.25, -0.2) is 0 Å². The van der Waals surface area contributed by atoms with Gasteiger partial charge < -0.3 is 0 Å². The third kappa shape index (κ3) is 1.44. The standard InChI is InChI=1S/C20H28P2/c1-11-15(5)21-9-19(11,7)13(3)17(21)18-14(4)20(8)10-22(18)16(6)12(20)2/h9-10H2,1-8H3. The lowest BCUT2D eigenvalue weighted by Crippen LogP contribution is -2.19. The quantitative estimate of drug-likeness (QED) is 0.448. The molecule has 4 bridgehead atoms. The van der Waals surface area contributed by atoms with E-state index in [-0.39, 0.29) is 15.8 Å². The first-order valence-electron chi connectivity index (χ1n) is 8.48. The van der Waals surface area contributed by atoms with Crippen LogP contribution in [0.25, 0.3) is 0 Å². The van der Waals surface area contributed by atoms with E-state index in [1.807, 2.05) is 10.6 Å². The van der Waals surface area contributed by atoms with Gasteiger partial charge in [0.2, 0.25) is 0 Å². The van der Waals surface area contributed by atoms with Gasteiger partial charge in [0.25, 0.3) is 0 Å². The van der Waals surface area contributed by atoms with Crippen molar-refractivity contribution in [3.05, 3.63) is 43.5 Å². The molecule has 22 heavy (non-hydrogen) atoms. The Balaban J connectivity index is 1.90. The van der Waals surface area contributed by atoms with E-state index in [2.05, 4.69) is 55.4 Å². The second-order valence-electron chi connectivity index (χ2n) is 8.20. The largest absolute Gasteiger partial charge is 0.0592 e. The summed E-state index contributed by atoms with van der Waals surface area (Å²) in [6, 6.07) is 0. The fraction of sp³-hybridized carbons (Fsp3) is 0.600. The van der Waals surface area contributed by atoms with Crippen molar-refractivity contribution in [2.45, 2.75) is 55.4 Å². The molecule has 4 atom stereocenters. The van der Waals surface area contributed by atoms with Crippen molar-refractivity contribution in [2.24, 2.45) is 10.8 Å². The zero-order chi connectivity index (χ0) is 16.2. The van der Waals surface area contributed by atoms with E-state index in [9.17, 15) is 0 Å². The van der Waals surface area contributed by atoms with Gasteiger partial charge in [-0.15, -0.1) is 0 Å². The topological polar surface area (TPSA) is 0 Å². The molecule has 0 spiro atoms. The Morgan fingerprint density at radius 1 is 0.591 bits per heavy atom. The van der Waals surface area contributed by atoms with Crippen molar-refractivity contribution < 1.29 is 0 Å². The second-order valence-corrected chi connectivity index (χ2v) is 12.8. The molecule has 0 aromatic carbocycles. The SMILES string of the molecule is CC1=C(C)C2(C)CP1C(C1=C(C)C3(C)CP1C(C)=C3C)=C2C. The summed E-state index contributed by atoms with van der Waals surface area (Å²) in [6.45, 7) is 19.5. The molecule has 0 aromatic heterocycles. The van der Waals surface area contributed by atoms with Crippen LogP contribution in [0.4, 0.5) is 0 Å². The van der Waals surface area contributed by atoms with Gasteiger partial charge in [0.15, 0.2) is 0 Å². The number of allylic oxidation sites excluding steroid dienone is 8. The highest BCUT2D eigenvalue weighted by Gasteiger charge is 2.55. The van der Waals surface area contributed by atoms with Gasteiger partial charge in [0, 0.05) is 10.8 Å². The van der Waals surface area contributed by atoms with Crippen LogP contribution in [0.3, 0.4) is 0 Å². The van der Waals surface area contributed by atoms with Crippen molar-refractivity contribution in [2.75, 3.05) is 12.3 Å². The predicted octanol–water partition coefficient (Wildman–Crippen LogP) is 7.15. The van der Waals surface area contributed by atoms with Crippen LogP contribution in [-0.2, 0) is 0 Å². The highest BCUT2D eigenvalue weighted by Crippen LogP contribution is 2.82. The molecule has 0 fully saturated rings. The van der Waals surface area contributed by atoms with Gasteiger partial charge in [0.05, 0.1) is 0 Å². The average Bonchev–Trinajstić information content (AvgIpc) is 3.05. The lowest BCUT2D eigenvalue weighted by molar-refractivity contribution is 0.557. The normalized spacial score (nSPS) is 43.6. The summed E-state index contributed by atoms with van der Waals surface area (Å²) in [5.74, 6) is 0. The van der Waals surface area contributed by atoms with E-state index in [0.717, 1.165) is 0 Å². The molecule has 118 valence electrons. The summed E-state index contributed by atoms with van der Waals surface area (Å²) < 4.78 is 0. The molecule has 0 radical (unpaired) electrons. The van der Waals surface area contributed by atoms with E-state index in [1.54, 1.807) is 32.9 Å². The molecular weight excluding hydrogens is 302 g/mol. The first-order chi connectivity index (χ1) is 10.1. The van der Waals surface area contributed by atoms with Gasteiger partial charge in [-0.3, -0.25) is 0 Å². The van der Waals surface area contributed by atoms with Crippen molar-refractivity contribution >= 4 is 15.8 Å². The molecule has 0 amide bonds. The third-order valence-corrected chi connectivity index (χ3v) is 14.2. The van der Waals surface area contributed by atoms with Crippen molar-refractivity contribution in [1.82, 2.24) is 0 Å². The van der Waals surface area contributed by atoms with Gasteiger partial charge in [-0.05, 0) is 91.0 Å². The molecule has 0 aliphatic carbocycles. The molecule has 4 unspecified atom stereocenters. The molecule has 0 N–H and O–H groups in total. The number of hydrogen-bond donors (Lipinski definition) is 0.